The van der Waals surface area contributed by atoms with Crippen molar-refractivity contribution in [1.82, 2.24) is 14.8 Å². The number of nitrogens with one attached hydrogen (secondary N) is 1. The minimum absolute atomic E-state index is 0.159. The van der Waals surface area contributed by atoms with E-state index in [1.54, 1.807) is 32.4 Å². The Bertz CT molecular complexity index is 992. The smallest absolute Gasteiger partial charge is 0.234 e. The summed E-state index contributed by atoms with van der Waals surface area (Å²) in [5.41, 5.74) is 1.54. The molecular formula is C20H21ClN4O3S. The molecule has 7 nitrogen and oxygen atoms in total. The third kappa shape index (κ3) is 5.02. The molecule has 1 heterocycles. The van der Waals surface area contributed by atoms with Crippen LogP contribution in [-0.2, 0) is 11.3 Å². The van der Waals surface area contributed by atoms with Crippen LogP contribution in [0.5, 0.6) is 11.5 Å². The van der Waals surface area contributed by atoms with Crippen LogP contribution in [0.15, 0.2) is 47.6 Å². The number of amides is 1. The largest absolute Gasteiger partial charge is 0.497 e. The van der Waals surface area contributed by atoms with Crippen molar-refractivity contribution < 1.29 is 14.3 Å². The van der Waals surface area contributed by atoms with Crippen LogP contribution in [0.2, 0.25) is 5.02 Å². The van der Waals surface area contributed by atoms with Crippen LogP contribution in [0.4, 0.5) is 5.69 Å². The maximum absolute atomic E-state index is 12.3. The zero-order valence-corrected chi connectivity index (χ0v) is 17.9. The first kappa shape index (κ1) is 21.0. The fourth-order valence-corrected chi connectivity index (χ4v) is 3.77. The number of hydrogen-bond donors (Lipinski definition) is 1. The minimum atomic E-state index is -0.159. The zero-order valence-electron chi connectivity index (χ0n) is 16.3. The van der Waals surface area contributed by atoms with Gasteiger partial charge in [-0.15, -0.1) is 10.2 Å². The lowest BCUT2D eigenvalue weighted by Crippen LogP contribution is -2.14. The second kappa shape index (κ2) is 9.67. The summed E-state index contributed by atoms with van der Waals surface area (Å²) >= 11 is 7.42. The molecule has 0 spiro atoms. The van der Waals surface area contributed by atoms with Crippen molar-refractivity contribution >= 4 is 35.0 Å². The van der Waals surface area contributed by atoms with Crippen molar-refractivity contribution in [2.75, 3.05) is 25.3 Å². The minimum Gasteiger partial charge on any atom is -0.497 e. The summed E-state index contributed by atoms with van der Waals surface area (Å²) in [7, 11) is 3.17. The Hall–Kier alpha value is -2.71. The van der Waals surface area contributed by atoms with Gasteiger partial charge in [0.05, 0.1) is 25.0 Å². The van der Waals surface area contributed by atoms with Crippen molar-refractivity contribution in [1.29, 1.82) is 0 Å². The molecular weight excluding hydrogens is 412 g/mol. The van der Waals surface area contributed by atoms with E-state index in [0.29, 0.717) is 28.2 Å². The van der Waals surface area contributed by atoms with Crippen molar-refractivity contribution in [3.8, 4) is 22.9 Å². The lowest BCUT2D eigenvalue weighted by Gasteiger charge is -2.09. The number of benzene rings is 2. The Kier molecular flexibility index (Phi) is 7.00. The monoisotopic (exact) mass is 432 g/mol. The number of hydrogen-bond acceptors (Lipinski definition) is 6. The van der Waals surface area contributed by atoms with Crippen molar-refractivity contribution in [3.63, 3.8) is 0 Å². The van der Waals surface area contributed by atoms with Gasteiger partial charge in [-0.3, -0.25) is 4.79 Å². The highest BCUT2D eigenvalue weighted by Gasteiger charge is 2.15. The predicted octanol–water partition coefficient (Wildman–Crippen LogP) is 4.37. The summed E-state index contributed by atoms with van der Waals surface area (Å²) in [6, 6.07) is 12.7. The predicted molar refractivity (Wildman–Crippen MR) is 115 cm³/mol. The van der Waals surface area contributed by atoms with Gasteiger partial charge in [-0.1, -0.05) is 23.4 Å². The Balaban J connectivity index is 1.66. The number of carbonyl (C=O) groups is 1. The van der Waals surface area contributed by atoms with E-state index in [9.17, 15) is 4.79 Å². The average molecular weight is 433 g/mol. The molecule has 0 saturated carbocycles. The number of carbonyl (C=O) groups excluding carboxylic acids is 1. The van der Waals surface area contributed by atoms with Gasteiger partial charge in [-0.2, -0.15) is 0 Å². The molecule has 0 aliphatic carbocycles. The van der Waals surface area contributed by atoms with Gasteiger partial charge in [0, 0.05) is 17.8 Å². The number of nitrogens with zero attached hydrogens (tertiary/aromatic N) is 3. The highest BCUT2D eigenvalue weighted by atomic mass is 35.5. The van der Waals surface area contributed by atoms with Crippen LogP contribution in [0.3, 0.4) is 0 Å². The molecule has 0 atom stereocenters. The first-order valence-corrected chi connectivity index (χ1v) is 10.3. The number of anilines is 1. The Morgan fingerprint density at radius 1 is 1.14 bits per heavy atom. The molecule has 9 heteroatoms. The van der Waals surface area contributed by atoms with Gasteiger partial charge in [0.2, 0.25) is 5.91 Å². The summed E-state index contributed by atoms with van der Waals surface area (Å²) in [5.74, 6) is 2.12. The topological polar surface area (TPSA) is 78.3 Å². The Morgan fingerprint density at radius 2 is 1.90 bits per heavy atom. The van der Waals surface area contributed by atoms with Gasteiger partial charge in [-0.25, -0.2) is 0 Å². The lowest BCUT2D eigenvalue weighted by atomic mass is 10.2. The van der Waals surface area contributed by atoms with Gasteiger partial charge in [0.25, 0.3) is 0 Å². The number of halogens is 1. The summed E-state index contributed by atoms with van der Waals surface area (Å²) in [6.07, 6.45) is 0. The molecule has 1 aromatic heterocycles. The number of aromatic nitrogens is 3. The van der Waals surface area contributed by atoms with Gasteiger partial charge < -0.3 is 19.4 Å². The molecule has 0 saturated heterocycles. The molecule has 0 radical (unpaired) electrons. The third-order valence-electron chi connectivity index (χ3n) is 4.15. The maximum Gasteiger partial charge on any atom is 0.234 e. The normalized spacial score (nSPS) is 10.6. The second-order valence-electron chi connectivity index (χ2n) is 5.97. The van der Waals surface area contributed by atoms with Crippen LogP contribution in [-0.4, -0.2) is 40.6 Å². The summed E-state index contributed by atoms with van der Waals surface area (Å²) < 4.78 is 12.3. The molecule has 2 aromatic carbocycles. The van der Waals surface area contributed by atoms with Gasteiger partial charge in [0.1, 0.15) is 11.5 Å². The van der Waals surface area contributed by atoms with E-state index in [2.05, 4.69) is 15.5 Å². The molecule has 0 bridgehead atoms. The molecule has 0 aliphatic rings. The van der Waals surface area contributed by atoms with E-state index in [1.165, 1.54) is 11.8 Å². The molecule has 152 valence electrons. The van der Waals surface area contributed by atoms with Gasteiger partial charge >= 0.3 is 0 Å². The fraction of sp³-hybridized carbons (Fsp3) is 0.250. The molecule has 0 unspecified atom stereocenters. The van der Waals surface area contributed by atoms with E-state index < -0.39 is 0 Å². The Morgan fingerprint density at radius 3 is 2.52 bits per heavy atom. The molecule has 0 aliphatic heterocycles. The van der Waals surface area contributed by atoms with Crippen LogP contribution in [0.1, 0.15) is 6.92 Å². The van der Waals surface area contributed by atoms with Crippen molar-refractivity contribution in [2.45, 2.75) is 18.6 Å². The molecule has 29 heavy (non-hydrogen) atoms. The van der Waals surface area contributed by atoms with E-state index >= 15 is 0 Å². The molecule has 1 N–H and O–H groups in total. The molecule has 0 fully saturated rings. The average Bonchev–Trinajstić information content (AvgIpc) is 3.15. The summed E-state index contributed by atoms with van der Waals surface area (Å²) in [4.78, 5) is 12.3. The van der Waals surface area contributed by atoms with Crippen LogP contribution in [0, 0.1) is 0 Å². The maximum atomic E-state index is 12.3. The first-order valence-electron chi connectivity index (χ1n) is 8.89. The summed E-state index contributed by atoms with van der Waals surface area (Å²) in [6.45, 7) is 2.70. The lowest BCUT2D eigenvalue weighted by molar-refractivity contribution is -0.113. The number of thioether (sulfide) groups is 1. The first-order chi connectivity index (χ1) is 14.0. The molecule has 3 aromatic rings. The quantitative estimate of drug-likeness (QED) is 0.532. The highest BCUT2D eigenvalue weighted by Crippen LogP contribution is 2.28. The van der Waals surface area contributed by atoms with E-state index in [-0.39, 0.29) is 11.7 Å². The number of ether oxygens (including phenoxy) is 2. The van der Waals surface area contributed by atoms with E-state index in [4.69, 9.17) is 21.1 Å². The number of methoxy groups -OCH3 is 2. The molecule has 3 rings (SSSR count). The molecule has 1 amide bonds. The zero-order chi connectivity index (χ0) is 20.8. The third-order valence-corrected chi connectivity index (χ3v) is 5.41. The van der Waals surface area contributed by atoms with E-state index in [1.807, 2.05) is 35.8 Å². The van der Waals surface area contributed by atoms with Crippen LogP contribution >= 0.6 is 23.4 Å². The van der Waals surface area contributed by atoms with Gasteiger partial charge in [-0.05, 0) is 49.4 Å². The van der Waals surface area contributed by atoms with Crippen LogP contribution < -0.4 is 14.8 Å². The SMILES string of the molecule is CCn1c(SCC(=O)Nc2ccc(OC)c(Cl)c2)nnc1-c1ccc(OC)cc1. The summed E-state index contributed by atoms with van der Waals surface area (Å²) in [5, 5.41) is 12.5. The van der Waals surface area contributed by atoms with Gasteiger partial charge in [0.15, 0.2) is 11.0 Å². The van der Waals surface area contributed by atoms with E-state index in [0.717, 1.165) is 17.1 Å². The fourth-order valence-electron chi connectivity index (χ4n) is 2.71. The second-order valence-corrected chi connectivity index (χ2v) is 7.31. The Labute approximate surface area is 178 Å². The van der Waals surface area contributed by atoms with Crippen molar-refractivity contribution in [3.05, 3.63) is 47.5 Å². The number of rotatable bonds is 8. The highest BCUT2D eigenvalue weighted by molar-refractivity contribution is 7.99. The van der Waals surface area contributed by atoms with Crippen LogP contribution in [0.25, 0.3) is 11.4 Å². The standard InChI is InChI=1S/C20H21ClN4O3S/c1-4-25-19(13-5-8-15(27-2)9-6-13)23-24-20(25)29-12-18(26)22-14-7-10-17(28-3)16(21)11-14/h5-11H,4,12H2,1-3H3,(H,22,26). The van der Waals surface area contributed by atoms with Crippen molar-refractivity contribution in [2.24, 2.45) is 0 Å².